The molecular formula is C9H18N4O3. The number of nitrogens with two attached hydrogens (primary N) is 3. The van der Waals surface area contributed by atoms with Crippen LogP contribution in [0.1, 0.15) is 20.3 Å². The zero-order valence-electron chi connectivity index (χ0n) is 9.40. The molecule has 0 aliphatic carbocycles. The molecule has 16 heavy (non-hydrogen) atoms. The van der Waals surface area contributed by atoms with Gasteiger partial charge in [-0.1, -0.05) is 13.8 Å². The molecule has 7 nitrogen and oxygen atoms in total. The van der Waals surface area contributed by atoms with Gasteiger partial charge in [0.15, 0.2) is 0 Å². The molecule has 0 saturated carbocycles. The number of hydrogen-bond acceptors (Lipinski definition) is 4. The zero-order chi connectivity index (χ0) is 12.9. The van der Waals surface area contributed by atoms with Crippen molar-refractivity contribution in [1.82, 2.24) is 5.32 Å². The minimum atomic E-state index is -1.10. The molecule has 0 aromatic carbocycles. The van der Waals surface area contributed by atoms with Crippen LogP contribution in [0, 0.1) is 5.92 Å². The average molecular weight is 230 g/mol. The molecule has 0 radical (unpaired) electrons. The van der Waals surface area contributed by atoms with Crippen LogP contribution in [0.2, 0.25) is 0 Å². The Morgan fingerprint density at radius 2 is 1.69 bits per heavy atom. The van der Waals surface area contributed by atoms with Crippen LogP contribution in [-0.2, 0) is 14.4 Å². The molecule has 0 bridgehead atoms. The summed E-state index contributed by atoms with van der Waals surface area (Å²) in [6.45, 7) is 3.52. The van der Waals surface area contributed by atoms with Crippen LogP contribution in [0.5, 0.6) is 0 Å². The maximum atomic E-state index is 11.5. The Hall–Kier alpha value is -1.63. The zero-order valence-corrected chi connectivity index (χ0v) is 9.40. The van der Waals surface area contributed by atoms with Crippen molar-refractivity contribution in [3.63, 3.8) is 0 Å². The first kappa shape index (κ1) is 14.4. The largest absolute Gasteiger partial charge is 0.370 e. The highest BCUT2D eigenvalue weighted by molar-refractivity contribution is 5.92. The normalized spacial score (nSPS) is 14.2. The van der Waals surface area contributed by atoms with Gasteiger partial charge in [0.1, 0.15) is 6.04 Å². The SMILES string of the molecule is CC(C)[C@H](N)C(=O)N[C@H](CC(N)=O)C(N)=O. The van der Waals surface area contributed by atoms with Crippen molar-refractivity contribution >= 4 is 17.7 Å². The Bertz CT molecular complexity index is 290. The lowest BCUT2D eigenvalue weighted by Crippen LogP contribution is -2.53. The van der Waals surface area contributed by atoms with E-state index < -0.39 is 29.8 Å². The molecule has 7 N–H and O–H groups in total. The van der Waals surface area contributed by atoms with Crippen LogP contribution in [0.4, 0.5) is 0 Å². The standard InChI is InChI=1S/C9H18N4O3/c1-4(2)7(11)9(16)13-5(8(12)15)3-6(10)14/h4-5,7H,3,11H2,1-2H3,(H2,10,14)(H2,12,15)(H,13,16)/t5-,7+/m1/s1. The van der Waals surface area contributed by atoms with Crippen LogP contribution in [0.3, 0.4) is 0 Å². The summed E-state index contributed by atoms with van der Waals surface area (Å²) in [5.74, 6) is -2.15. The van der Waals surface area contributed by atoms with Gasteiger partial charge in [0.25, 0.3) is 0 Å². The van der Waals surface area contributed by atoms with Gasteiger partial charge in [0.2, 0.25) is 17.7 Å². The lowest BCUT2D eigenvalue weighted by atomic mass is 10.0. The van der Waals surface area contributed by atoms with Gasteiger partial charge in [-0.15, -0.1) is 0 Å². The highest BCUT2D eigenvalue weighted by Crippen LogP contribution is 1.99. The quantitative estimate of drug-likeness (QED) is 0.411. The molecule has 0 rings (SSSR count). The van der Waals surface area contributed by atoms with Crippen molar-refractivity contribution in [1.29, 1.82) is 0 Å². The van der Waals surface area contributed by atoms with E-state index in [1.165, 1.54) is 0 Å². The predicted molar refractivity (Wildman–Crippen MR) is 57.7 cm³/mol. The average Bonchev–Trinajstić information content (AvgIpc) is 2.14. The van der Waals surface area contributed by atoms with Crippen LogP contribution in [0.25, 0.3) is 0 Å². The Morgan fingerprint density at radius 1 is 1.19 bits per heavy atom. The second-order valence-electron chi connectivity index (χ2n) is 3.90. The molecule has 92 valence electrons. The number of nitrogens with one attached hydrogen (secondary N) is 1. The van der Waals surface area contributed by atoms with Gasteiger partial charge in [-0.05, 0) is 5.92 Å². The molecule has 0 unspecified atom stereocenters. The first-order chi connectivity index (χ1) is 7.25. The smallest absolute Gasteiger partial charge is 0.240 e. The Kier molecular flexibility index (Phi) is 5.44. The van der Waals surface area contributed by atoms with Gasteiger partial charge >= 0.3 is 0 Å². The maximum Gasteiger partial charge on any atom is 0.240 e. The molecule has 0 fully saturated rings. The molecule has 0 aliphatic rings. The van der Waals surface area contributed by atoms with Crippen LogP contribution in [0.15, 0.2) is 0 Å². The van der Waals surface area contributed by atoms with Crippen molar-refractivity contribution in [2.24, 2.45) is 23.1 Å². The highest BCUT2D eigenvalue weighted by atomic mass is 16.2. The summed E-state index contributed by atoms with van der Waals surface area (Å²) in [5, 5.41) is 2.29. The number of amides is 3. The molecule has 0 heterocycles. The summed E-state index contributed by atoms with van der Waals surface area (Å²) in [5.41, 5.74) is 15.5. The first-order valence-electron chi connectivity index (χ1n) is 4.89. The molecule has 3 amide bonds. The highest BCUT2D eigenvalue weighted by Gasteiger charge is 2.24. The number of hydrogen-bond donors (Lipinski definition) is 4. The minimum Gasteiger partial charge on any atom is -0.370 e. The van der Waals surface area contributed by atoms with Gasteiger partial charge in [-0.2, -0.15) is 0 Å². The lowest BCUT2D eigenvalue weighted by Gasteiger charge is -2.19. The first-order valence-corrected chi connectivity index (χ1v) is 4.89. The molecular weight excluding hydrogens is 212 g/mol. The van der Waals surface area contributed by atoms with Gasteiger partial charge < -0.3 is 22.5 Å². The van der Waals surface area contributed by atoms with E-state index in [0.717, 1.165) is 0 Å². The molecule has 7 heteroatoms. The van der Waals surface area contributed by atoms with Crippen LogP contribution >= 0.6 is 0 Å². The Morgan fingerprint density at radius 3 is 2.00 bits per heavy atom. The molecule has 0 spiro atoms. The fourth-order valence-corrected chi connectivity index (χ4v) is 0.995. The summed E-state index contributed by atoms with van der Waals surface area (Å²) in [6.07, 6.45) is -0.327. The lowest BCUT2D eigenvalue weighted by molar-refractivity contribution is -0.130. The van der Waals surface area contributed by atoms with Gasteiger partial charge in [0.05, 0.1) is 12.5 Å². The van der Waals surface area contributed by atoms with Gasteiger partial charge in [-0.3, -0.25) is 14.4 Å². The Balaban J connectivity index is 4.46. The van der Waals surface area contributed by atoms with E-state index in [9.17, 15) is 14.4 Å². The summed E-state index contributed by atoms with van der Waals surface area (Å²) in [4.78, 5) is 33.0. The van der Waals surface area contributed by atoms with Crippen molar-refractivity contribution in [2.45, 2.75) is 32.4 Å². The number of carbonyl (C=O) groups is 3. The van der Waals surface area contributed by atoms with Crippen molar-refractivity contribution in [3.05, 3.63) is 0 Å². The molecule has 2 atom stereocenters. The predicted octanol–water partition coefficient (Wildman–Crippen LogP) is -2.18. The van der Waals surface area contributed by atoms with E-state index in [0.29, 0.717) is 0 Å². The molecule has 0 aromatic heterocycles. The maximum absolute atomic E-state index is 11.5. The summed E-state index contributed by atoms with van der Waals surface area (Å²) >= 11 is 0. The van der Waals surface area contributed by atoms with E-state index in [2.05, 4.69) is 5.32 Å². The summed E-state index contributed by atoms with van der Waals surface area (Å²) in [6, 6.07) is -1.86. The minimum absolute atomic E-state index is 0.0814. The van der Waals surface area contributed by atoms with Crippen molar-refractivity contribution in [3.8, 4) is 0 Å². The van der Waals surface area contributed by atoms with Crippen LogP contribution in [-0.4, -0.2) is 29.8 Å². The molecule has 0 aromatic rings. The molecule has 0 saturated heterocycles. The van der Waals surface area contributed by atoms with E-state index >= 15 is 0 Å². The van der Waals surface area contributed by atoms with E-state index in [4.69, 9.17) is 17.2 Å². The molecule has 0 aliphatic heterocycles. The third-order valence-electron chi connectivity index (χ3n) is 2.09. The third-order valence-corrected chi connectivity index (χ3v) is 2.09. The van der Waals surface area contributed by atoms with Crippen molar-refractivity contribution < 1.29 is 14.4 Å². The summed E-state index contributed by atoms with van der Waals surface area (Å²) < 4.78 is 0. The topological polar surface area (TPSA) is 141 Å². The summed E-state index contributed by atoms with van der Waals surface area (Å²) in [7, 11) is 0. The van der Waals surface area contributed by atoms with Crippen molar-refractivity contribution in [2.75, 3.05) is 0 Å². The Labute approximate surface area is 93.7 Å². The monoisotopic (exact) mass is 230 g/mol. The van der Waals surface area contributed by atoms with E-state index in [-0.39, 0.29) is 12.3 Å². The van der Waals surface area contributed by atoms with Crippen LogP contribution < -0.4 is 22.5 Å². The second kappa shape index (κ2) is 6.06. The number of rotatable bonds is 6. The van der Waals surface area contributed by atoms with Gasteiger partial charge in [-0.25, -0.2) is 0 Å². The second-order valence-corrected chi connectivity index (χ2v) is 3.90. The third kappa shape index (κ3) is 4.74. The fraction of sp³-hybridized carbons (Fsp3) is 0.667. The van der Waals surface area contributed by atoms with E-state index in [1.807, 2.05) is 0 Å². The van der Waals surface area contributed by atoms with Gasteiger partial charge in [0, 0.05) is 0 Å². The number of carbonyl (C=O) groups excluding carboxylic acids is 3. The van der Waals surface area contributed by atoms with E-state index in [1.54, 1.807) is 13.8 Å². The number of primary amides is 2. The fourth-order valence-electron chi connectivity index (χ4n) is 0.995.